The van der Waals surface area contributed by atoms with E-state index in [2.05, 4.69) is 0 Å². The van der Waals surface area contributed by atoms with Crippen LogP contribution in [-0.4, -0.2) is 69.1 Å². The van der Waals surface area contributed by atoms with Crippen molar-refractivity contribution in [1.82, 2.24) is 4.90 Å². The first-order valence-corrected chi connectivity index (χ1v) is 7.73. The van der Waals surface area contributed by atoms with Crippen LogP contribution in [0.5, 0.6) is 0 Å². The minimum atomic E-state index is -1.07. The zero-order valence-electron chi connectivity index (χ0n) is 13.6. The quantitative estimate of drug-likeness (QED) is 0.681. The SMILES string of the molecule is CC(C)(C)OC(=O)N1[C@H]2[C@@H](O)[C@@H](O)C[C@@H]1[C@H]1OC(C)(C)O[C@H]12. The summed E-state index contributed by atoms with van der Waals surface area (Å²) < 4.78 is 17.2. The predicted molar refractivity (Wildman–Crippen MR) is 76.1 cm³/mol. The van der Waals surface area contributed by atoms with E-state index in [0.29, 0.717) is 0 Å². The molecule has 0 aromatic rings. The Hall–Kier alpha value is -0.890. The minimum absolute atomic E-state index is 0.248. The lowest BCUT2D eigenvalue weighted by Crippen LogP contribution is -2.60. The number of carbonyl (C=O) groups is 1. The lowest BCUT2D eigenvalue weighted by molar-refractivity contribution is -0.188. The fourth-order valence-corrected chi connectivity index (χ4v) is 3.71. The number of piperidine rings is 1. The molecule has 7 heteroatoms. The van der Waals surface area contributed by atoms with Crippen molar-refractivity contribution in [2.75, 3.05) is 0 Å². The molecule has 3 aliphatic rings. The van der Waals surface area contributed by atoms with Gasteiger partial charge in [-0.2, -0.15) is 0 Å². The molecule has 0 spiro atoms. The van der Waals surface area contributed by atoms with E-state index in [1.54, 1.807) is 20.8 Å². The lowest BCUT2D eigenvalue weighted by atomic mass is 9.96. The molecule has 3 fully saturated rings. The number of aliphatic hydroxyl groups excluding tert-OH is 2. The molecule has 2 N–H and O–H groups in total. The highest BCUT2D eigenvalue weighted by Gasteiger charge is 2.65. The van der Waals surface area contributed by atoms with Crippen molar-refractivity contribution in [1.29, 1.82) is 0 Å². The molecular formula is C15H25NO6. The Morgan fingerprint density at radius 1 is 1.23 bits per heavy atom. The molecule has 3 heterocycles. The van der Waals surface area contributed by atoms with Crippen LogP contribution in [0.15, 0.2) is 0 Å². The maximum atomic E-state index is 12.5. The van der Waals surface area contributed by atoms with Gasteiger partial charge in [-0.05, 0) is 41.0 Å². The van der Waals surface area contributed by atoms with Gasteiger partial charge in [0.1, 0.15) is 23.9 Å². The molecule has 0 aromatic carbocycles. The van der Waals surface area contributed by atoms with Gasteiger partial charge in [-0.3, -0.25) is 4.90 Å². The third-order valence-corrected chi connectivity index (χ3v) is 4.39. The summed E-state index contributed by atoms with van der Waals surface area (Å²) in [6.45, 7) is 8.99. The van der Waals surface area contributed by atoms with E-state index in [1.807, 2.05) is 13.8 Å². The van der Waals surface area contributed by atoms with E-state index >= 15 is 0 Å². The van der Waals surface area contributed by atoms with Crippen LogP contribution in [0.4, 0.5) is 4.79 Å². The molecule has 0 unspecified atom stereocenters. The molecule has 0 radical (unpaired) electrons. The molecule has 1 amide bonds. The van der Waals surface area contributed by atoms with Gasteiger partial charge in [-0.15, -0.1) is 0 Å². The minimum Gasteiger partial charge on any atom is -0.444 e. The van der Waals surface area contributed by atoms with Crippen molar-refractivity contribution in [3.8, 4) is 0 Å². The number of carbonyl (C=O) groups excluding carboxylic acids is 1. The van der Waals surface area contributed by atoms with E-state index in [9.17, 15) is 15.0 Å². The van der Waals surface area contributed by atoms with Gasteiger partial charge in [0.05, 0.1) is 18.2 Å². The smallest absolute Gasteiger partial charge is 0.411 e. The first-order valence-electron chi connectivity index (χ1n) is 7.73. The van der Waals surface area contributed by atoms with Crippen LogP contribution in [0.2, 0.25) is 0 Å². The molecule has 3 saturated heterocycles. The monoisotopic (exact) mass is 315 g/mol. The van der Waals surface area contributed by atoms with Gasteiger partial charge in [0, 0.05) is 0 Å². The molecular weight excluding hydrogens is 290 g/mol. The highest BCUT2D eigenvalue weighted by atomic mass is 16.8. The van der Waals surface area contributed by atoms with E-state index < -0.39 is 41.8 Å². The number of hydrogen-bond donors (Lipinski definition) is 2. The predicted octanol–water partition coefficient (Wildman–Crippen LogP) is 0.620. The molecule has 0 aliphatic carbocycles. The van der Waals surface area contributed by atoms with Crippen LogP contribution in [0, 0.1) is 0 Å². The Labute approximate surface area is 130 Å². The number of hydrogen-bond acceptors (Lipinski definition) is 6. The van der Waals surface area contributed by atoms with Crippen molar-refractivity contribution < 1.29 is 29.2 Å². The maximum absolute atomic E-state index is 12.5. The number of rotatable bonds is 0. The molecule has 0 saturated carbocycles. The largest absolute Gasteiger partial charge is 0.444 e. The van der Waals surface area contributed by atoms with Crippen LogP contribution in [0.1, 0.15) is 41.0 Å². The van der Waals surface area contributed by atoms with Crippen molar-refractivity contribution in [3.05, 3.63) is 0 Å². The number of ether oxygens (including phenoxy) is 3. The molecule has 22 heavy (non-hydrogen) atoms. The Bertz CT molecular complexity index is 473. The Morgan fingerprint density at radius 3 is 2.41 bits per heavy atom. The summed E-state index contributed by atoms with van der Waals surface area (Å²) >= 11 is 0. The molecule has 3 aliphatic heterocycles. The summed E-state index contributed by atoms with van der Waals surface area (Å²) in [5.41, 5.74) is -0.631. The average Bonchev–Trinajstić information content (AvgIpc) is 2.75. The van der Waals surface area contributed by atoms with Crippen molar-refractivity contribution >= 4 is 6.09 Å². The summed E-state index contributed by atoms with van der Waals surface area (Å²) in [6, 6.07) is -1.01. The average molecular weight is 315 g/mol. The molecule has 3 rings (SSSR count). The Kier molecular flexibility index (Phi) is 3.49. The zero-order chi connectivity index (χ0) is 16.4. The van der Waals surface area contributed by atoms with E-state index in [-0.39, 0.29) is 18.6 Å². The van der Waals surface area contributed by atoms with Gasteiger partial charge in [-0.1, -0.05) is 0 Å². The second kappa shape index (κ2) is 4.80. The van der Waals surface area contributed by atoms with Crippen LogP contribution < -0.4 is 0 Å². The topological polar surface area (TPSA) is 88.5 Å². The van der Waals surface area contributed by atoms with Gasteiger partial charge in [0.25, 0.3) is 0 Å². The molecule has 126 valence electrons. The highest BCUT2D eigenvalue weighted by Crippen LogP contribution is 2.46. The molecule has 0 aromatic heterocycles. The normalized spacial score (nSPS) is 43.1. The number of nitrogens with zero attached hydrogens (tertiary/aromatic N) is 1. The third-order valence-electron chi connectivity index (χ3n) is 4.39. The van der Waals surface area contributed by atoms with Crippen LogP contribution in [0.3, 0.4) is 0 Å². The van der Waals surface area contributed by atoms with Crippen LogP contribution in [-0.2, 0) is 14.2 Å². The van der Waals surface area contributed by atoms with Gasteiger partial charge >= 0.3 is 6.09 Å². The number of fused-ring (bicyclic) bond motifs is 5. The van der Waals surface area contributed by atoms with Crippen molar-refractivity contribution in [3.63, 3.8) is 0 Å². The summed E-state index contributed by atoms with van der Waals surface area (Å²) in [5, 5.41) is 20.4. The van der Waals surface area contributed by atoms with Crippen LogP contribution >= 0.6 is 0 Å². The first kappa shape index (κ1) is 16.0. The van der Waals surface area contributed by atoms with Crippen LogP contribution in [0.25, 0.3) is 0 Å². The standard InChI is InChI=1S/C15H25NO6/c1-14(2,3)22-13(19)16-7-6-8(17)10(18)9(16)12-11(7)20-15(4,5)21-12/h7-12,17-18H,6H2,1-5H3/t7-,8+,9+,10+,11-,12+/m1/s1. The van der Waals surface area contributed by atoms with Gasteiger partial charge < -0.3 is 24.4 Å². The molecule has 6 atom stereocenters. The Balaban J connectivity index is 1.89. The second-order valence-corrected chi connectivity index (χ2v) is 7.80. The fraction of sp³-hybridized carbons (Fsp3) is 0.933. The number of aliphatic hydroxyl groups is 2. The van der Waals surface area contributed by atoms with Gasteiger partial charge in [-0.25, -0.2) is 4.79 Å². The second-order valence-electron chi connectivity index (χ2n) is 7.80. The van der Waals surface area contributed by atoms with Gasteiger partial charge in [0.15, 0.2) is 5.79 Å². The number of amides is 1. The lowest BCUT2D eigenvalue weighted by Gasteiger charge is -2.42. The third kappa shape index (κ3) is 2.50. The highest BCUT2D eigenvalue weighted by molar-refractivity contribution is 5.70. The molecule has 7 nitrogen and oxygen atoms in total. The summed E-state index contributed by atoms with van der Waals surface area (Å²) in [7, 11) is 0. The maximum Gasteiger partial charge on any atom is 0.411 e. The summed E-state index contributed by atoms with van der Waals surface area (Å²) in [5.74, 6) is -0.756. The zero-order valence-corrected chi connectivity index (χ0v) is 13.6. The Morgan fingerprint density at radius 2 is 1.82 bits per heavy atom. The molecule has 2 bridgehead atoms. The van der Waals surface area contributed by atoms with Gasteiger partial charge in [0.2, 0.25) is 0 Å². The van der Waals surface area contributed by atoms with E-state index in [4.69, 9.17) is 14.2 Å². The summed E-state index contributed by atoms with van der Waals surface area (Å²) in [6.07, 6.45) is -3.05. The first-order chi connectivity index (χ1) is 10.0. The van der Waals surface area contributed by atoms with E-state index in [1.165, 1.54) is 4.90 Å². The van der Waals surface area contributed by atoms with Crippen molar-refractivity contribution in [2.45, 2.75) is 88.9 Å². The fourth-order valence-electron chi connectivity index (χ4n) is 3.71. The van der Waals surface area contributed by atoms with Crippen molar-refractivity contribution in [2.24, 2.45) is 0 Å². The summed E-state index contributed by atoms with van der Waals surface area (Å²) in [4.78, 5) is 14.0. The van der Waals surface area contributed by atoms with E-state index in [0.717, 1.165) is 0 Å².